The molecule has 2 rings (SSSR count). The normalized spacial score (nSPS) is 18.3. The minimum atomic E-state index is 1.06. The number of hydrogen-bond acceptors (Lipinski definition) is 3. The van der Waals surface area contributed by atoms with Crippen molar-refractivity contribution in [2.75, 3.05) is 32.7 Å². The predicted octanol–water partition coefficient (Wildman–Crippen LogP) is 0.405. The summed E-state index contributed by atoms with van der Waals surface area (Å²) in [5.74, 6) is 1.13. The molecule has 0 unspecified atom stereocenters. The van der Waals surface area contributed by atoms with Gasteiger partial charge in [0.05, 0.1) is 5.69 Å². The van der Waals surface area contributed by atoms with Crippen LogP contribution in [0, 0.1) is 13.8 Å². The highest BCUT2D eigenvalue weighted by Crippen LogP contribution is 2.02. The van der Waals surface area contributed by atoms with E-state index in [2.05, 4.69) is 32.9 Å². The summed E-state index contributed by atoms with van der Waals surface area (Å²) in [5, 5.41) is 3.37. The van der Waals surface area contributed by atoms with Crippen LogP contribution in [-0.2, 0) is 6.54 Å². The van der Waals surface area contributed by atoms with Crippen LogP contribution in [0.1, 0.15) is 11.5 Å². The van der Waals surface area contributed by atoms with Crippen LogP contribution in [0.4, 0.5) is 0 Å². The lowest BCUT2D eigenvalue weighted by Crippen LogP contribution is -2.44. The Morgan fingerprint density at radius 3 is 2.60 bits per heavy atom. The fraction of sp³-hybridized carbons (Fsp3) is 0.727. The van der Waals surface area contributed by atoms with Crippen LogP contribution in [0.3, 0.4) is 0 Å². The van der Waals surface area contributed by atoms with Gasteiger partial charge in [-0.3, -0.25) is 4.90 Å². The second kappa shape index (κ2) is 4.77. The maximum Gasteiger partial charge on any atom is 0.105 e. The average molecular weight is 208 g/mol. The largest absolute Gasteiger partial charge is 0.334 e. The molecule has 1 aromatic rings. The molecule has 0 bridgehead atoms. The summed E-state index contributed by atoms with van der Waals surface area (Å²) >= 11 is 0. The monoisotopic (exact) mass is 208 g/mol. The van der Waals surface area contributed by atoms with Crippen molar-refractivity contribution >= 4 is 0 Å². The van der Waals surface area contributed by atoms with Crippen molar-refractivity contribution in [2.24, 2.45) is 0 Å². The highest BCUT2D eigenvalue weighted by atomic mass is 15.2. The molecule has 1 aliphatic heterocycles. The molecule has 15 heavy (non-hydrogen) atoms. The SMILES string of the molecule is Cc1cn(CCN2CCNCC2)c(C)n1. The van der Waals surface area contributed by atoms with Gasteiger partial charge in [-0.15, -0.1) is 0 Å². The molecule has 1 aliphatic rings. The number of nitrogens with zero attached hydrogens (tertiary/aromatic N) is 3. The van der Waals surface area contributed by atoms with Crippen LogP contribution in [0.2, 0.25) is 0 Å². The maximum atomic E-state index is 4.41. The van der Waals surface area contributed by atoms with E-state index in [1.54, 1.807) is 0 Å². The molecular formula is C11H20N4. The first-order valence-corrected chi connectivity index (χ1v) is 5.69. The third-order valence-corrected chi connectivity index (χ3v) is 2.96. The summed E-state index contributed by atoms with van der Waals surface area (Å²) in [6, 6.07) is 0. The Hall–Kier alpha value is -0.870. The van der Waals surface area contributed by atoms with Crippen LogP contribution in [-0.4, -0.2) is 47.2 Å². The summed E-state index contributed by atoms with van der Waals surface area (Å²) in [4.78, 5) is 6.91. The fourth-order valence-electron chi connectivity index (χ4n) is 2.08. The average Bonchev–Trinajstić information content (AvgIpc) is 2.56. The van der Waals surface area contributed by atoms with Crippen LogP contribution in [0.5, 0.6) is 0 Å². The van der Waals surface area contributed by atoms with Crippen molar-refractivity contribution in [1.82, 2.24) is 19.8 Å². The van der Waals surface area contributed by atoms with Crippen molar-refractivity contribution in [3.8, 4) is 0 Å². The first kappa shape index (κ1) is 10.6. The number of imidazole rings is 1. The molecule has 4 heteroatoms. The van der Waals surface area contributed by atoms with Gasteiger partial charge in [0.2, 0.25) is 0 Å². The lowest BCUT2D eigenvalue weighted by Gasteiger charge is -2.27. The first-order valence-electron chi connectivity index (χ1n) is 5.69. The van der Waals surface area contributed by atoms with Gasteiger partial charge in [-0.1, -0.05) is 0 Å². The van der Waals surface area contributed by atoms with Crippen LogP contribution in [0.15, 0.2) is 6.20 Å². The quantitative estimate of drug-likeness (QED) is 0.781. The zero-order chi connectivity index (χ0) is 10.7. The first-order chi connectivity index (χ1) is 7.25. The molecule has 1 saturated heterocycles. The fourth-order valence-corrected chi connectivity index (χ4v) is 2.08. The standard InChI is InChI=1S/C11H20N4/c1-10-9-15(11(2)13-10)8-7-14-5-3-12-4-6-14/h9,12H,3-8H2,1-2H3. The van der Waals surface area contributed by atoms with Gasteiger partial charge in [0.1, 0.15) is 5.82 Å². The highest BCUT2D eigenvalue weighted by molar-refractivity contribution is 5.00. The topological polar surface area (TPSA) is 33.1 Å². The molecule has 0 spiro atoms. The van der Waals surface area contributed by atoms with E-state index in [1.165, 1.54) is 13.1 Å². The van der Waals surface area contributed by atoms with Gasteiger partial charge in [0.25, 0.3) is 0 Å². The Morgan fingerprint density at radius 1 is 1.27 bits per heavy atom. The van der Waals surface area contributed by atoms with E-state index in [1.807, 2.05) is 6.92 Å². The Labute approximate surface area is 91.3 Å². The second-order valence-corrected chi connectivity index (χ2v) is 4.21. The summed E-state index contributed by atoms with van der Waals surface area (Å²) < 4.78 is 2.25. The van der Waals surface area contributed by atoms with Crippen molar-refractivity contribution in [3.05, 3.63) is 17.7 Å². The third-order valence-electron chi connectivity index (χ3n) is 2.96. The number of aromatic nitrogens is 2. The molecule has 0 saturated carbocycles. The summed E-state index contributed by atoms with van der Waals surface area (Å²) in [6.07, 6.45) is 2.14. The van der Waals surface area contributed by atoms with E-state index in [9.17, 15) is 0 Å². The van der Waals surface area contributed by atoms with Crippen molar-refractivity contribution < 1.29 is 0 Å². The Morgan fingerprint density at radius 2 is 2.00 bits per heavy atom. The van der Waals surface area contributed by atoms with E-state index in [4.69, 9.17) is 0 Å². The molecule has 1 aromatic heterocycles. The van der Waals surface area contributed by atoms with Crippen molar-refractivity contribution in [3.63, 3.8) is 0 Å². The van der Waals surface area contributed by atoms with Crippen LogP contribution >= 0.6 is 0 Å². The minimum Gasteiger partial charge on any atom is -0.334 e. The third kappa shape index (κ3) is 2.79. The molecule has 84 valence electrons. The molecule has 0 amide bonds. The van der Waals surface area contributed by atoms with Gasteiger partial charge < -0.3 is 9.88 Å². The van der Waals surface area contributed by atoms with Crippen LogP contribution < -0.4 is 5.32 Å². The van der Waals surface area contributed by atoms with E-state index >= 15 is 0 Å². The smallest absolute Gasteiger partial charge is 0.105 e. The van der Waals surface area contributed by atoms with Gasteiger partial charge in [-0.05, 0) is 13.8 Å². The molecule has 1 N–H and O–H groups in total. The molecule has 0 aliphatic carbocycles. The zero-order valence-corrected chi connectivity index (χ0v) is 9.66. The Kier molecular flexibility index (Phi) is 3.38. The van der Waals surface area contributed by atoms with E-state index in [-0.39, 0.29) is 0 Å². The minimum absolute atomic E-state index is 1.06. The molecule has 0 atom stereocenters. The van der Waals surface area contributed by atoms with Crippen LogP contribution in [0.25, 0.3) is 0 Å². The highest BCUT2D eigenvalue weighted by Gasteiger charge is 2.09. The molecule has 0 radical (unpaired) electrons. The van der Waals surface area contributed by atoms with Gasteiger partial charge in [-0.2, -0.15) is 0 Å². The summed E-state index contributed by atoms with van der Waals surface area (Å²) in [7, 11) is 0. The number of piperazine rings is 1. The number of rotatable bonds is 3. The van der Waals surface area contributed by atoms with Crippen molar-refractivity contribution in [2.45, 2.75) is 20.4 Å². The zero-order valence-electron chi connectivity index (χ0n) is 9.66. The molecular weight excluding hydrogens is 188 g/mol. The molecule has 0 aromatic carbocycles. The van der Waals surface area contributed by atoms with Gasteiger partial charge in [0, 0.05) is 45.5 Å². The molecule has 2 heterocycles. The Bertz CT molecular complexity index is 312. The summed E-state index contributed by atoms with van der Waals surface area (Å²) in [5.41, 5.74) is 1.12. The molecule has 1 fully saturated rings. The van der Waals surface area contributed by atoms with Gasteiger partial charge in [-0.25, -0.2) is 4.98 Å². The second-order valence-electron chi connectivity index (χ2n) is 4.21. The predicted molar refractivity (Wildman–Crippen MR) is 61.0 cm³/mol. The lowest BCUT2D eigenvalue weighted by molar-refractivity contribution is 0.232. The number of hydrogen-bond donors (Lipinski definition) is 1. The van der Waals surface area contributed by atoms with Gasteiger partial charge in [0.15, 0.2) is 0 Å². The van der Waals surface area contributed by atoms with E-state index in [0.29, 0.717) is 0 Å². The van der Waals surface area contributed by atoms with E-state index < -0.39 is 0 Å². The van der Waals surface area contributed by atoms with E-state index in [0.717, 1.165) is 37.7 Å². The van der Waals surface area contributed by atoms with Gasteiger partial charge >= 0.3 is 0 Å². The number of nitrogens with one attached hydrogen (secondary N) is 1. The lowest BCUT2D eigenvalue weighted by atomic mass is 10.3. The maximum absolute atomic E-state index is 4.41. The summed E-state index contributed by atoms with van der Waals surface area (Å²) in [6.45, 7) is 10.9. The number of aryl methyl sites for hydroxylation is 2. The Balaban J connectivity index is 1.84. The van der Waals surface area contributed by atoms with Crippen molar-refractivity contribution in [1.29, 1.82) is 0 Å². The molecule has 4 nitrogen and oxygen atoms in total.